The van der Waals surface area contributed by atoms with Crippen LogP contribution in [0, 0.1) is 5.92 Å². The molecule has 7 heteroatoms. The van der Waals surface area contributed by atoms with Gasteiger partial charge in [0.15, 0.2) is 6.10 Å². The largest absolute Gasteiger partial charge is 0.479 e. The Labute approximate surface area is 145 Å². The number of carbonyl (C=O) groups is 2. The number of aliphatic carboxylic acids is 1. The van der Waals surface area contributed by atoms with E-state index in [1.54, 1.807) is 20.8 Å². The van der Waals surface area contributed by atoms with Crippen molar-refractivity contribution in [3.63, 3.8) is 0 Å². The Kier molecular flexibility index (Phi) is 10.6. The average molecular weight is 347 g/mol. The number of rotatable bonds is 11. The van der Waals surface area contributed by atoms with Gasteiger partial charge in [-0.15, -0.1) is 0 Å². The van der Waals surface area contributed by atoms with Crippen LogP contribution in [-0.2, 0) is 19.0 Å². The first-order chi connectivity index (χ1) is 11.1. The van der Waals surface area contributed by atoms with Crippen molar-refractivity contribution < 1.29 is 28.9 Å². The Morgan fingerprint density at radius 2 is 1.83 bits per heavy atom. The van der Waals surface area contributed by atoms with Crippen LogP contribution in [0.25, 0.3) is 0 Å². The van der Waals surface area contributed by atoms with Crippen LogP contribution < -0.4 is 5.32 Å². The zero-order chi connectivity index (χ0) is 18.8. The van der Waals surface area contributed by atoms with Crippen LogP contribution in [0.5, 0.6) is 0 Å². The summed E-state index contributed by atoms with van der Waals surface area (Å²) >= 11 is 0. The first-order valence-electron chi connectivity index (χ1n) is 8.48. The molecule has 0 saturated carbocycles. The molecule has 0 fully saturated rings. The van der Waals surface area contributed by atoms with Gasteiger partial charge >= 0.3 is 12.1 Å². The van der Waals surface area contributed by atoms with Gasteiger partial charge in [0.05, 0.1) is 6.04 Å². The van der Waals surface area contributed by atoms with E-state index in [9.17, 15) is 14.7 Å². The van der Waals surface area contributed by atoms with Crippen molar-refractivity contribution in [3.8, 4) is 0 Å². The van der Waals surface area contributed by atoms with E-state index >= 15 is 0 Å². The van der Waals surface area contributed by atoms with Gasteiger partial charge in [-0.3, -0.25) is 0 Å². The SMILES string of the molecule is CCCCOCO[C@@H](C(=O)O)[C@H](CC(C)C)NC(=O)OC(C)(C)C. The van der Waals surface area contributed by atoms with Crippen molar-refractivity contribution in [2.24, 2.45) is 5.92 Å². The van der Waals surface area contributed by atoms with E-state index < -0.39 is 29.8 Å². The number of hydrogen-bond acceptors (Lipinski definition) is 5. The fourth-order valence-corrected chi connectivity index (χ4v) is 2.01. The molecule has 0 saturated heterocycles. The van der Waals surface area contributed by atoms with E-state index in [4.69, 9.17) is 14.2 Å². The monoisotopic (exact) mass is 347 g/mol. The first-order valence-corrected chi connectivity index (χ1v) is 8.48. The molecule has 0 heterocycles. The number of ether oxygens (including phenoxy) is 3. The fourth-order valence-electron chi connectivity index (χ4n) is 2.01. The Hall–Kier alpha value is -1.34. The molecule has 2 atom stereocenters. The number of carboxylic acids is 1. The second-order valence-electron chi connectivity index (χ2n) is 7.19. The van der Waals surface area contributed by atoms with Crippen LogP contribution in [0.3, 0.4) is 0 Å². The van der Waals surface area contributed by atoms with Gasteiger partial charge < -0.3 is 24.6 Å². The molecule has 0 aromatic heterocycles. The lowest BCUT2D eigenvalue weighted by molar-refractivity contribution is -0.164. The molecule has 0 rings (SSSR count). The van der Waals surface area contributed by atoms with E-state index in [1.165, 1.54) is 0 Å². The maximum Gasteiger partial charge on any atom is 0.407 e. The number of hydrogen-bond donors (Lipinski definition) is 2. The predicted octanol–water partition coefficient (Wildman–Crippen LogP) is 3.17. The summed E-state index contributed by atoms with van der Waals surface area (Å²) in [4.78, 5) is 23.5. The summed E-state index contributed by atoms with van der Waals surface area (Å²) < 4.78 is 15.8. The van der Waals surface area contributed by atoms with Crippen LogP contribution >= 0.6 is 0 Å². The molecule has 2 N–H and O–H groups in total. The van der Waals surface area contributed by atoms with Crippen molar-refractivity contribution in [2.45, 2.75) is 78.6 Å². The molecular weight excluding hydrogens is 314 g/mol. The summed E-state index contributed by atoms with van der Waals surface area (Å²) in [6, 6.07) is -0.702. The Balaban J connectivity index is 4.79. The third kappa shape index (κ3) is 11.2. The smallest absolute Gasteiger partial charge is 0.407 e. The van der Waals surface area contributed by atoms with Gasteiger partial charge in [0.1, 0.15) is 12.4 Å². The van der Waals surface area contributed by atoms with E-state index in [-0.39, 0.29) is 12.7 Å². The molecule has 0 aliphatic carbocycles. The number of alkyl carbamates (subject to hydrolysis) is 1. The van der Waals surface area contributed by atoms with Gasteiger partial charge in [0.25, 0.3) is 0 Å². The molecule has 0 bridgehead atoms. The molecule has 1 amide bonds. The molecular formula is C17H33NO6. The maximum atomic E-state index is 12.0. The normalized spacial score (nSPS) is 14.3. The maximum absolute atomic E-state index is 12.0. The number of carboxylic acid groups (broad SMARTS) is 1. The van der Waals surface area contributed by atoms with Gasteiger partial charge in [-0.05, 0) is 39.5 Å². The minimum atomic E-state index is -1.19. The minimum absolute atomic E-state index is 0.123. The van der Waals surface area contributed by atoms with Gasteiger partial charge in [0, 0.05) is 6.61 Å². The van der Waals surface area contributed by atoms with Crippen molar-refractivity contribution in [2.75, 3.05) is 13.4 Å². The number of carbonyl (C=O) groups excluding carboxylic acids is 1. The van der Waals surface area contributed by atoms with Crippen molar-refractivity contribution in [1.82, 2.24) is 5.32 Å². The molecule has 0 aromatic rings. The summed E-state index contributed by atoms with van der Waals surface area (Å²) in [7, 11) is 0. The van der Waals surface area contributed by atoms with Crippen molar-refractivity contribution in [3.05, 3.63) is 0 Å². The third-order valence-corrected chi connectivity index (χ3v) is 3.01. The summed E-state index contributed by atoms with van der Waals surface area (Å²) in [6.07, 6.45) is 0.465. The molecule has 0 unspecified atom stereocenters. The van der Waals surface area contributed by atoms with E-state index in [0.717, 1.165) is 12.8 Å². The predicted molar refractivity (Wildman–Crippen MR) is 90.8 cm³/mol. The highest BCUT2D eigenvalue weighted by Crippen LogP contribution is 2.14. The fraction of sp³-hybridized carbons (Fsp3) is 0.882. The molecule has 0 spiro atoms. The Morgan fingerprint density at radius 3 is 2.29 bits per heavy atom. The summed E-state index contributed by atoms with van der Waals surface area (Å²) in [5.74, 6) is -0.966. The highest BCUT2D eigenvalue weighted by Gasteiger charge is 2.32. The van der Waals surface area contributed by atoms with Crippen LogP contribution in [0.15, 0.2) is 0 Å². The van der Waals surface area contributed by atoms with Gasteiger partial charge in [-0.2, -0.15) is 0 Å². The second-order valence-corrected chi connectivity index (χ2v) is 7.19. The topological polar surface area (TPSA) is 94.1 Å². The number of unbranched alkanes of at least 4 members (excludes halogenated alkanes) is 1. The van der Waals surface area contributed by atoms with Crippen LogP contribution in [0.1, 0.15) is 60.8 Å². The number of amides is 1. The zero-order valence-electron chi connectivity index (χ0n) is 15.8. The minimum Gasteiger partial charge on any atom is -0.479 e. The molecule has 142 valence electrons. The van der Waals surface area contributed by atoms with Gasteiger partial charge in [-0.25, -0.2) is 9.59 Å². The molecule has 24 heavy (non-hydrogen) atoms. The number of nitrogens with one attached hydrogen (secondary N) is 1. The third-order valence-electron chi connectivity index (χ3n) is 3.01. The lowest BCUT2D eigenvalue weighted by Crippen LogP contribution is -2.50. The molecule has 0 radical (unpaired) electrons. The Morgan fingerprint density at radius 1 is 1.21 bits per heavy atom. The molecule has 7 nitrogen and oxygen atoms in total. The zero-order valence-corrected chi connectivity index (χ0v) is 15.8. The average Bonchev–Trinajstić information content (AvgIpc) is 2.38. The van der Waals surface area contributed by atoms with E-state index in [1.807, 2.05) is 20.8 Å². The highest BCUT2D eigenvalue weighted by atomic mass is 16.7. The van der Waals surface area contributed by atoms with E-state index in [0.29, 0.717) is 13.0 Å². The van der Waals surface area contributed by atoms with E-state index in [2.05, 4.69) is 5.32 Å². The second kappa shape index (κ2) is 11.3. The molecule has 0 aliphatic heterocycles. The standard InChI is InChI=1S/C17H33NO6/c1-7-8-9-22-11-23-14(15(19)20)13(10-12(2)3)18-16(21)24-17(4,5)6/h12-14H,7-11H2,1-6H3,(H,18,21)(H,19,20)/t13-,14+/m0/s1. The quantitative estimate of drug-likeness (QED) is 0.440. The van der Waals surface area contributed by atoms with Crippen LogP contribution in [-0.4, -0.2) is 48.3 Å². The van der Waals surface area contributed by atoms with Gasteiger partial charge in [0.2, 0.25) is 0 Å². The molecule has 0 aromatic carbocycles. The first kappa shape index (κ1) is 22.7. The van der Waals surface area contributed by atoms with Crippen LogP contribution in [0.4, 0.5) is 4.79 Å². The summed E-state index contributed by atoms with van der Waals surface area (Å²) in [5, 5.41) is 12.0. The highest BCUT2D eigenvalue weighted by molar-refractivity contribution is 5.75. The molecule has 0 aliphatic rings. The van der Waals surface area contributed by atoms with Crippen molar-refractivity contribution >= 4 is 12.1 Å². The van der Waals surface area contributed by atoms with Crippen LogP contribution in [0.2, 0.25) is 0 Å². The summed E-state index contributed by atoms with van der Waals surface area (Å²) in [5.41, 5.74) is -0.657. The summed E-state index contributed by atoms with van der Waals surface area (Å²) in [6.45, 7) is 11.6. The Bertz CT molecular complexity index is 378. The van der Waals surface area contributed by atoms with Crippen molar-refractivity contribution in [1.29, 1.82) is 0 Å². The lowest BCUT2D eigenvalue weighted by atomic mass is 9.99. The van der Waals surface area contributed by atoms with Gasteiger partial charge in [-0.1, -0.05) is 27.2 Å². The lowest BCUT2D eigenvalue weighted by Gasteiger charge is -2.28.